The highest BCUT2D eigenvalue weighted by Gasteiger charge is 2.28. The lowest BCUT2D eigenvalue weighted by Crippen LogP contribution is -2.41. The molecule has 7 nitrogen and oxygen atoms in total. The van der Waals surface area contributed by atoms with E-state index in [9.17, 15) is 12.8 Å². The SMILES string of the molecule is COc1cc(C(C)NC2CCC(c3ccc(NC4CCN(S(C)(=O)=O)CC4)nc3)C2)ccc1F. The highest BCUT2D eigenvalue weighted by Crippen LogP contribution is 2.36. The van der Waals surface area contributed by atoms with Crippen molar-refractivity contribution in [3.05, 3.63) is 53.5 Å². The van der Waals surface area contributed by atoms with E-state index in [2.05, 4.69) is 28.6 Å². The Morgan fingerprint density at radius 1 is 1.12 bits per heavy atom. The van der Waals surface area contributed by atoms with Gasteiger partial charge in [-0.25, -0.2) is 22.1 Å². The number of nitrogens with zero attached hydrogens (tertiary/aromatic N) is 2. The van der Waals surface area contributed by atoms with Crippen molar-refractivity contribution in [3.8, 4) is 5.75 Å². The summed E-state index contributed by atoms with van der Waals surface area (Å²) in [6.45, 7) is 3.20. The van der Waals surface area contributed by atoms with Crippen LogP contribution in [0.3, 0.4) is 0 Å². The monoisotopic (exact) mass is 490 g/mol. The Labute approximate surface area is 202 Å². The second-order valence-electron chi connectivity index (χ2n) is 9.55. The maximum atomic E-state index is 13.7. The van der Waals surface area contributed by atoms with Crippen molar-refractivity contribution in [3.63, 3.8) is 0 Å². The van der Waals surface area contributed by atoms with E-state index in [0.717, 1.165) is 43.5 Å². The third-order valence-corrected chi connectivity index (χ3v) is 8.43. The molecule has 186 valence electrons. The molecular formula is C25H35FN4O3S. The lowest BCUT2D eigenvalue weighted by molar-refractivity contribution is 0.331. The van der Waals surface area contributed by atoms with Crippen molar-refractivity contribution in [2.45, 2.75) is 63.1 Å². The Hall–Kier alpha value is -2.23. The number of aromatic nitrogens is 1. The summed E-state index contributed by atoms with van der Waals surface area (Å²) < 4.78 is 43.7. The predicted molar refractivity (Wildman–Crippen MR) is 132 cm³/mol. The number of sulfonamides is 1. The van der Waals surface area contributed by atoms with Gasteiger partial charge in [-0.1, -0.05) is 12.1 Å². The highest BCUT2D eigenvalue weighted by molar-refractivity contribution is 7.88. The second kappa shape index (κ2) is 10.6. The van der Waals surface area contributed by atoms with Gasteiger partial charge >= 0.3 is 0 Å². The molecule has 1 saturated heterocycles. The number of ether oxygens (including phenoxy) is 1. The molecule has 2 aliphatic rings. The highest BCUT2D eigenvalue weighted by atomic mass is 32.2. The fraction of sp³-hybridized carbons (Fsp3) is 0.560. The molecule has 2 heterocycles. The zero-order valence-corrected chi connectivity index (χ0v) is 20.9. The van der Waals surface area contributed by atoms with Gasteiger partial charge in [0.25, 0.3) is 0 Å². The van der Waals surface area contributed by atoms with Gasteiger partial charge in [0.1, 0.15) is 5.82 Å². The van der Waals surface area contributed by atoms with Crippen LogP contribution in [0.15, 0.2) is 36.5 Å². The molecule has 0 spiro atoms. The van der Waals surface area contributed by atoms with Gasteiger partial charge in [-0.3, -0.25) is 0 Å². The van der Waals surface area contributed by atoms with Crippen molar-refractivity contribution in [2.24, 2.45) is 0 Å². The van der Waals surface area contributed by atoms with Gasteiger partial charge in [0.05, 0.1) is 13.4 Å². The molecule has 4 rings (SSSR count). The number of benzene rings is 1. The molecule has 1 aromatic heterocycles. The fourth-order valence-electron chi connectivity index (χ4n) is 5.10. The van der Waals surface area contributed by atoms with Crippen LogP contribution in [0.2, 0.25) is 0 Å². The molecular weight excluding hydrogens is 455 g/mol. The Balaban J connectivity index is 1.27. The molecule has 1 aromatic carbocycles. The minimum Gasteiger partial charge on any atom is -0.494 e. The van der Waals surface area contributed by atoms with Crippen LogP contribution in [0, 0.1) is 5.82 Å². The lowest BCUT2D eigenvalue weighted by atomic mass is 9.99. The van der Waals surface area contributed by atoms with Crippen molar-refractivity contribution in [2.75, 3.05) is 31.8 Å². The summed E-state index contributed by atoms with van der Waals surface area (Å²) in [6.07, 6.45) is 8.04. The summed E-state index contributed by atoms with van der Waals surface area (Å²) in [6, 6.07) is 9.96. The van der Waals surface area contributed by atoms with Crippen molar-refractivity contribution in [1.82, 2.24) is 14.6 Å². The van der Waals surface area contributed by atoms with Gasteiger partial charge in [0, 0.05) is 37.4 Å². The average molecular weight is 491 g/mol. The molecule has 3 unspecified atom stereocenters. The average Bonchev–Trinajstić information content (AvgIpc) is 3.28. The molecule has 1 aliphatic carbocycles. The standard InChI is InChI=1S/C25H35FN4O3S/c1-17(18-5-8-23(26)24(15-18)33-2)28-22-7-4-19(14-22)20-6-9-25(27-16-20)29-21-10-12-30(13-11-21)34(3,31)32/h5-6,8-9,15-17,19,21-22,28H,4,7,10-14H2,1-3H3,(H,27,29). The summed E-state index contributed by atoms with van der Waals surface area (Å²) in [7, 11) is -1.62. The first kappa shape index (κ1) is 24.9. The molecule has 9 heteroatoms. The van der Waals surface area contributed by atoms with Crippen LogP contribution in [-0.4, -0.2) is 56.2 Å². The van der Waals surface area contributed by atoms with E-state index in [1.165, 1.54) is 25.0 Å². The van der Waals surface area contributed by atoms with Crippen LogP contribution in [0.5, 0.6) is 5.75 Å². The summed E-state index contributed by atoms with van der Waals surface area (Å²) >= 11 is 0. The Morgan fingerprint density at radius 3 is 2.53 bits per heavy atom. The maximum absolute atomic E-state index is 13.7. The van der Waals surface area contributed by atoms with E-state index in [1.807, 2.05) is 18.3 Å². The summed E-state index contributed by atoms with van der Waals surface area (Å²) in [5.74, 6) is 1.24. The second-order valence-corrected chi connectivity index (χ2v) is 11.5. The van der Waals surface area contributed by atoms with Crippen molar-refractivity contribution < 1.29 is 17.5 Å². The number of piperidine rings is 1. The summed E-state index contributed by atoms with van der Waals surface area (Å²) in [4.78, 5) is 4.63. The number of hydrogen-bond donors (Lipinski definition) is 2. The molecule has 1 saturated carbocycles. The van der Waals surface area contributed by atoms with Crippen LogP contribution >= 0.6 is 0 Å². The van der Waals surface area contributed by atoms with E-state index < -0.39 is 10.0 Å². The van der Waals surface area contributed by atoms with E-state index in [0.29, 0.717) is 25.0 Å². The van der Waals surface area contributed by atoms with Crippen LogP contribution in [0.4, 0.5) is 10.2 Å². The first-order valence-electron chi connectivity index (χ1n) is 12.0. The summed E-state index contributed by atoms with van der Waals surface area (Å²) in [5, 5.41) is 7.14. The lowest BCUT2D eigenvalue weighted by Gasteiger charge is -2.30. The molecule has 2 fully saturated rings. The quantitative estimate of drug-likeness (QED) is 0.581. The third kappa shape index (κ3) is 6.06. The fourth-order valence-corrected chi connectivity index (χ4v) is 5.98. The number of nitrogens with one attached hydrogen (secondary N) is 2. The molecule has 0 bridgehead atoms. The first-order chi connectivity index (χ1) is 16.2. The topological polar surface area (TPSA) is 83.6 Å². The smallest absolute Gasteiger partial charge is 0.211 e. The molecule has 2 N–H and O–H groups in total. The van der Waals surface area contributed by atoms with Crippen LogP contribution < -0.4 is 15.4 Å². The van der Waals surface area contributed by atoms with Gasteiger partial charge in [-0.05, 0) is 74.3 Å². The van der Waals surface area contributed by atoms with Gasteiger partial charge in [-0.2, -0.15) is 0 Å². The molecule has 34 heavy (non-hydrogen) atoms. The molecule has 3 atom stereocenters. The number of halogens is 1. The molecule has 2 aromatic rings. The van der Waals surface area contributed by atoms with E-state index >= 15 is 0 Å². The Kier molecular flexibility index (Phi) is 7.74. The third-order valence-electron chi connectivity index (χ3n) is 7.13. The Morgan fingerprint density at radius 2 is 1.88 bits per heavy atom. The van der Waals surface area contributed by atoms with Gasteiger partial charge < -0.3 is 15.4 Å². The van der Waals surface area contributed by atoms with Gasteiger partial charge in [0.15, 0.2) is 11.6 Å². The van der Waals surface area contributed by atoms with Gasteiger partial charge in [0.2, 0.25) is 10.0 Å². The largest absolute Gasteiger partial charge is 0.494 e. The zero-order chi connectivity index (χ0) is 24.3. The van der Waals surface area contributed by atoms with Crippen LogP contribution in [0.1, 0.15) is 62.1 Å². The van der Waals surface area contributed by atoms with Crippen molar-refractivity contribution in [1.29, 1.82) is 0 Å². The van der Waals surface area contributed by atoms with Crippen molar-refractivity contribution >= 4 is 15.8 Å². The van der Waals surface area contributed by atoms with E-state index in [-0.39, 0.29) is 23.7 Å². The number of pyridine rings is 1. The van der Waals surface area contributed by atoms with Gasteiger partial charge in [-0.15, -0.1) is 0 Å². The predicted octanol–water partition coefficient (Wildman–Crippen LogP) is 4.05. The normalized spacial score (nSPS) is 23.1. The maximum Gasteiger partial charge on any atom is 0.211 e. The molecule has 0 amide bonds. The minimum atomic E-state index is -3.11. The van der Waals surface area contributed by atoms with E-state index in [4.69, 9.17) is 4.74 Å². The van der Waals surface area contributed by atoms with Crippen LogP contribution in [-0.2, 0) is 10.0 Å². The Bertz CT molecular complexity index is 1070. The van der Waals surface area contributed by atoms with E-state index in [1.54, 1.807) is 10.4 Å². The van der Waals surface area contributed by atoms with Crippen LogP contribution in [0.25, 0.3) is 0 Å². The minimum absolute atomic E-state index is 0.108. The molecule has 0 radical (unpaired) electrons. The first-order valence-corrected chi connectivity index (χ1v) is 13.8. The molecule has 1 aliphatic heterocycles. The number of methoxy groups -OCH3 is 1. The zero-order valence-electron chi connectivity index (χ0n) is 20.1. The number of rotatable bonds is 8. The number of hydrogen-bond acceptors (Lipinski definition) is 6. The number of anilines is 1. The summed E-state index contributed by atoms with van der Waals surface area (Å²) in [5.41, 5.74) is 2.26.